The molecular formula is C14H18ClN3O2. The van der Waals surface area contributed by atoms with E-state index in [1.54, 1.807) is 18.2 Å². The number of nitrogens with one attached hydrogen (secondary N) is 1. The second kappa shape index (κ2) is 5.60. The van der Waals surface area contributed by atoms with Gasteiger partial charge < -0.3 is 15.1 Å². The van der Waals surface area contributed by atoms with Crippen molar-refractivity contribution in [1.29, 1.82) is 0 Å². The second-order valence-electron chi connectivity index (χ2n) is 5.24. The number of hydrogen-bond donors (Lipinski definition) is 2. The van der Waals surface area contributed by atoms with E-state index in [0.29, 0.717) is 29.4 Å². The van der Waals surface area contributed by atoms with E-state index in [9.17, 15) is 4.79 Å². The third kappa shape index (κ3) is 2.37. The highest BCUT2D eigenvalue weighted by atomic mass is 35.5. The van der Waals surface area contributed by atoms with E-state index in [0.717, 1.165) is 19.3 Å². The molecule has 2 fully saturated rings. The summed E-state index contributed by atoms with van der Waals surface area (Å²) in [5.74, 6) is 5.46. The number of ether oxygens (including phenoxy) is 1. The van der Waals surface area contributed by atoms with Crippen molar-refractivity contribution in [3.63, 3.8) is 0 Å². The lowest BCUT2D eigenvalue weighted by atomic mass is 10.1. The summed E-state index contributed by atoms with van der Waals surface area (Å²) >= 11 is 6.00. The molecule has 0 spiro atoms. The summed E-state index contributed by atoms with van der Waals surface area (Å²) in [6.45, 7) is 1.22. The van der Waals surface area contributed by atoms with Crippen molar-refractivity contribution in [1.82, 2.24) is 4.90 Å². The van der Waals surface area contributed by atoms with E-state index in [1.165, 1.54) is 0 Å². The number of hydrazine groups is 1. The van der Waals surface area contributed by atoms with Crippen LogP contribution in [0.2, 0.25) is 5.02 Å². The highest BCUT2D eigenvalue weighted by molar-refractivity contribution is 6.31. The van der Waals surface area contributed by atoms with Crippen LogP contribution >= 0.6 is 11.6 Å². The first-order chi connectivity index (χ1) is 9.70. The molecule has 1 saturated heterocycles. The van der Waals surface area contributed by atoms with Gasteiger partial charge in [-0.1, -0.05) is 11.6 Å². The van der Waals surface area contributed by atoms with Crippen LogP contribution in [0.5, 0.6) is 0 Å². The summed E-state index contributed by atoms with van der Waals surface area (Å²) < 4.78 is 5.74. The quantitative estimate of drug-likeness (QED) is 0.647. The molecule has 1 aromatic rings. The summed E-state index contributed by atoms with van der Waals surface area (Å²) in [7, 11) is 0. The minimum Gasteiger partial charge on any atom is -0.374 e. The molecule has 1 amide bonds. The predicted molar refractivity (Wildman–Crippen MR) is 77.7 cm³/mol. The Morgan fingerprint density at radius 1 is 1.45 bits per heavy atom. The molecule has 2 aliphatic rings. The number of amides is 1. The fourth-order valence-corrected chi connectivity index (χ4v) is 3.32. The van der Waals surface area contributed by atoms with Crippen LogP contribution in [0.15, 0.2) is 18.2 Å². The van der Waals surface area contributed by atoms with E-state index < -0.39 is 0 Å². The largest absolute Gasteiger partial charge is 0.374 e. The van der Waals surface area contributed by atoms with Gasteiger partial charge in [-0.25, -0.2) is 0 Å². The number of hydrogen-bond acceptors (Lipinski definition) is 4. The number of nitrogen functional groups attached to an aromatic ring is 1. The molecule has 2 unspecified atom stereocenters. The first-order valence-electron chi connectivity index (χ1n) is 6.89. The highest BCUT2D eigenvalue weighted by Gasteiger charge is 2.39. The standard InChI is InChI=1S/C14H18ClN3O2/c15-9-4-5-11(17-16)10(8-9)14(19)18-6-7-20-13-3-1-2-12(13)18/h4-5,8,12-13,17H,1-3,6-7,16H2. The van der Waals surface area contributed by atoms with Gasteiger partial charge in [-0.05, 0) is 37.5 Å². The van der Waals surface area contributed by atoms with Gasteiger partial charge in [0.2, 0.25) is 0 Å². The van der Waals surface area contributed by atoms with Crippen LogP contribution < -0.4 is 11.3 Å². The van der Waals surface area contributed by atoms with E-state index in [-0.39, 0.29) is 18.1 Å². The van der Waals surface area contributed by atoms with Crippen molar-refractivity contribution >= 4 is 23.2 Å². The molecule has 108 valence electrons. The van der Waals surface area contributed by atoms with Gasteiger partial charge in [-0.2, -0.15) is 0 Å². The van der Waals surface area contributed by atoms with Crippen molar-refractivity contribution in [2.45, 2.75) is 31.4 Å². The molecule has 3 rings (SSSR count). The molecule has 1 saturated carbocycles. The Balaban J connectivity index is 1.90. The van der Waals surface area contributed by atoms with Crippen molar-refractivity contribution in [2.24, 2.45) is 5.84 Å². The number of anilines is 1. The summed E-state index contributed by atoms with van der Waals surface area (Å²) in [4.78, 5) is 14.7. The number of rotatable bonds is 2. The second-order valence-corrected chi connectivity index (χ2v) is 5.68. The number of morpholine rings is 1. The maximum absolute atomic E-state index is 12.8. The molecule has 3 N–H and O–H groups in total. The third-order valence-corrected chi connectivity index (χ3v) is 4.35. The lowest BCUT2D eigenvalue weighted by Gasteiger charge is -2.38. The zero-order valence-corrected chi connectivity index (χ0v) is 11.9. The first kappa shape index (κ1) is 13.7. The van der Waals surface area contributed by atoms with Crippen LogP contribution in [0, 0.1) is 0 Å². The zero-order valence-electron chi connectivity index (χ0n) is 11.1. The number of nitrogens with two attached hydrogens (primary N) is 1. The van der Waals surface area contributed by atoms with Crippen molar-refractivity contribution in [2.75, 3.05) is 18.6 Å². The number of fused-ring (bicyclic) bond motifs is 1. The maximum atomic E-state index is 12.8. The van der Waals surface area contributed by atoms with Crippen LogP contribution in [0.4, 0.5) is 5.69 Å². The number of halogens is 1. The Labute approximate surface area is 123 Å². The molecule has 1 aliphatic carbocycles. The molecule has 1 aliphatic heterocycles. The van der Waals surface area contributed by atoms with E-state index in [4.69, 9.17) is 22.2 Å². The van der Waals surface area contributed by atoms with E-state index >= 15 is 0 Å². The fraction of sp³-hybridized carbons (Fsp3) is 0.500. The number of carbonyl (C=O) groups excluding carboxylic acids is 1. The predicted octanol–water partition coefficient (Wildman–Crippen LogP) is 2.02. The van der Waals surface area contributed by atoms with E-state index in [1.807, 2.05) is 4.90 Å². The van der Waals surface area contributed by atoms with Gasteiger partial charge in [0.15, 0.2) is 0 Å². The molecule has 1 aromatic carbocycles. The summed E-state index contributed by atoms with van der Waals surface area (Å²) in [5, 5.41) is 0.531. The molecule has 0 radical (unpaired) electrons. The number of carbonyl (C=O) groups is 1. The molecule has 2 atom stereocenters. The molecule has 6 heteroatoms. The normalized spacial score (nSPS) is 25.4. The smallest absolute Gasteiger partial charge is 0.256 e. The van der Waals surface area contributed by atoms with Crippen LogP contribution in [0.3, 0.4) is 0 Å². The average molecular weight is 296 g/mol. The van der Waals surface area contributed by atoms with Crippen molar-refractivity contribution < 1.29 is 9.53 Å². The Morgan fingerprint density at radius 3 is 3.10 bits per heavy atom. The molecule has 5 nitrogen and oxygen atoms in total. The van der Waals surface area contributed by atoms with Gasteiger partial charge in [0.1, 0.15) is 0 Å². The first-order valence-corrected chi connectivity index (χ1v) is 7.27. The van der Waals surface area contributed by atoms with Crippen LogP contribution in [-0.2, 0) is 4.74 Å². The maximum Gasteiger partial charge on any atom is 0.256 e. The Morgan fingerprint density at radius 2 is 2.30 bits per heavy atom. The van der Waals surface area contributed by atoms with Gasteiger partial charge in [0.25, 0.3) is 5.91 Å². The lowest BCUT2D eigenvalue weighted by Crippen LogP contribution is -2.51. The zero-order chi connectivity index (χ0) is 14.1. The molecule has 20 heavy (non-hydrogen) atoms. The highest BCUT2D eigenvalue weighted by Crippen LogP contribution is 2.32. The monoisotopic (exact) mass is 295 g/mol. The van der Waals surface area contributed by atoms with Crippen LogP contribution in [0.1, 0.15) is 29.6 Å². The molecule has 0 aromatic heterocycles. The fourth-order valence-electron chi connectivity index (χ4n) is 3.15. The van der Waals surface area contributed by atoms with Crippen LogP contribution in [0.25, 0.3) is 0 Å². The minimum atomic E-state index is -0.0272. The van der Waals surface area contributed by atoms with Gasteiger partial charge >= 0.3 is 0 Å². The Bertz CT molecular complexity index is 523. The number of nitrogens with zero attached hydrogens (tertiary/aromatic N) is 1. The van der Waals surface area contributed by atoms with Gasteiger partial charge in [-0.3, -0.25) is 10.6 Å². The van der Waals surface area contributed by atoms with Crippen molar-refractivity contribution in [3.05, 3.63) is 28.8 Å². The van der Waals surface area contributed by atoms with Gasteiger partial charge in [0.05, 0.1) is 30.0 Å². The molecule has 1 heterocycles. The summed E-state index contributed by atoms with van der Waals surface area (Å²) in [5.41, 5.74) is 3.68. The average Bonchev–Trinajstić information content (AvgIpc) is 2.94. The minimum absolute atomic E-state index is 0.0272. The summed E-state index contributed by atoms with van der Waals surface area (Å²) in [6.07, 6.45) is 3.33. The third-order valence-electron chi connectivity index (χ3n) is 4.11. The van der Waals surface area contributed by atoms with Gasteiger partial charge in [0, 0.05) is 11.6 Å². The van der Waals surface area contributed by atoms with Crippen LogP contribution in [-0.4, -0.2) is 36.1 Å². The number of benzene rings is 1. The molecule has 0 bridgehead atoms. The van der Waals surface area contributed by atoms with Crippen molar-refractivity contribution in [3.8, 4) is 0 Å². The SMILES string of the molecule is NNc1ccc(Cl)cc1C(=O)N1CCOC2CCCC21. The van der Waals surface area contributed by atoms with E-state index in [2.05, 4.69) is 5.43 Å². The molecular weight excluding hydrogens is 278 g/mol. The van der Waals surface area contributed by atoms with Gasteiger partial charge in [-0.15, -0.1) is 0 Å². The Hall–Kier alpha value is -1.30. The lowest BCUT2D eigenvalue weighted by molar-refractivity contribution is -0.0445. The Kier molecular flexibility index (Phi) is 3.83. The topological polar surface area (TPSA) is 67.6 Å². The summed E-state index contributed by atoms with van der Waals surface area (Å²) in [6, 6.07) is 5.28.